The Balaban J connectivity index is 1.88. The first-order valence-electron chi connectivity index (χ1n) is 5.90. The van der Waals surface area contributed by atoms with Crippen LogP contribution < -0.4 is 10.1 Å². The smallest absolute Gasteiger partial charge is 0.337 e. The van der Waals surface area contributed by atoms with E-state index in [0.717, 1.165) is 25.9 Å². The molecule has 2 rings (SSSR count). The highest BCUT2D eigenvalue weighted by atomic mass is 16.5. The number of nitrogens with zero attached hydrogens (tertiary/aromatic N) is 3. The lowest BCUT2D eigenvalue weighted by Crippen LogP contribution is -2.38. The number of urea groups is 1. The molecule has 17 heavy (non-hydrogen) atoms. The predicted octanol–water partition coefficient (Wildman–Crippen LogP) is 1.22. The largest absolute Gasteiger partial charge is 0.463 e. The van der Waals surface area contributed by atoms with Crippen molar-refractivity contribution in [2.75, 3.05) is 25.0 Å². The lowest BCUT2D eigenvalue weighted by Gasteiger charge is -2.26. The van der Waals surface area contributed by atoms with E-state index in [-0.39, 0.29) is 12.0 Å². The average Bonchev–Trinajstić information content (AvgIpc) is 2.78. The van der Waals surface area contributed by atoms with E-state index in [0.29, 0.717) is 12.6 Å². The van der Waals surface area contributed by atoms with Crippen LogP contribution >= 0.6 is 0 Å². The molecular weight excluding hydrogens is 222 g/mol. The van der Waals surface area contributed by atoms with Crippen LogP contribution in [0.1, 0.15) is 26.2 Å². The lowest BCUT2D eigenvalue weighted by atomic mass is 10.1. The minimum absolute atomic E-state index is 0.135. The van der Waals surface area contributed by atoms with Crippen molar-refractivity contribution in [2.45, 2.75) is 26.2 Å². The first kappa shape index (κ1) is 11.7. The Labute approximate surface area is 99.5 Å². The first-order valence-corrected chi connectivity index (χ1v) is 5.90. The first-order chi connectivity index (χ1) is 8.29. The van der Waals surface area contributed by atoms with E-state index in [9.17, 15) is 4.79 Å². The summed E-state index contributed by atoms with van der Waals surface area (Å²) in [5, 5.41) is 9.10. The van der Waals surface area contributed by atoms with Gasteiger partial charge in [0.1, 0.15) is 0 Å². The van der Waals surface area contributed by atoms with Gasteiger partial charge in [-0.1, -0.05) is 0 Å². The van der Waals surface area contributed by atoms with Gasteiger partial charge in [0.25, 0.3) is 0 Å². The van der Waals surface area contributed by atoms with Crippen molar-refractivity contribution in [3.63, 3.8) is 0 Å². The molecule has 0 aromatic carbocycles. The SMILES string of the molecule is CCOc1n[nH]c(NC(=O)N2CCCCC2)n1. The fourth-order valence-corrected chi connectivity index (χ4v) is 1.77. The molecule has 1 aliphatic rings. The van der Waals surface area contributed by atoms with Crippen molar-refractivity contribution in [2.24, 2.45) is 0 Å². The Bertz CT molecular complexity index is 373. The van der Waals surface area contributed by atoms with E-state index in [1.807, 2.05) is 6.92 Å². The number of anilines is 1. The molecule has 7 nitrogen and oxygen atoms in total. The Morgan fingerprint density at radius 2 is 2.24 bits per heavy atom. The third-order valence-electron chi connectivity index (χ3n) is 2.61. The van der Waals surface area contributed by atoms with E-state index in [2.05, 4.69) is 20.5 Å². The minimum Gasteiger partial charge on any atom is -0.463 e. The molecule has 0 spiro atoms. The number of amides is 2. The second kappa shape index (κ2) is 5.51. The summed E-state index contributed by atoms with van der Waals surface area (Å²) < 4.78 is 5.10. The summed E-state index contributed by atoms with van der Waals surface area (Å²) in [6.07, 6.45) is 3.32. The van der Waals surface area contributed by atoms with Crippen LogP contribution in [0.4, 0.5) is 10.7 Å². The van der Waals surface area contributed by atoms with E-state index in [1.165, 1.54) is 6.42 Å². The van der Waals surface area contributed by atoms with E-state index in [1.54, 1.807) is 4.90 Å². The van der Waals surface area contributed by atoms with Crippen molar-refractivity contribution >= 4 is 12.0 Å². The molecule has 2 heterocycles. The van der Waals surface area contributed by atoms with Crippen LogP contribution in [0.25, 0.3) is 0 Å². The Kier molecular flexibility index (Phi) is 3.79. The van der Waals surface area contributed by atoms with Crippen LogP contribution in [0.5, 0.6) is 6.01 Å². The summed E-state index contributed by atoms with van der Waals surface area (Å²) in [7, 11) is 0. The lowest BCUT2D eigenvalue weighted by molar-refractivity contribution is 0.200. The predicted molar refractivity (Wildman–Crippen MR) is 62.0 cm³/mol. The number of aromatic nitrogens is 3. The summed E-state index contributed by atoms with van der Waals surface area (Å²) in [5.74, 6) is 0.323. The van der Waals surface area contributed by atoms with Gasteiger partial charge < -0.3 is 9.64 Å². The quantitative estimate of drug-likeness (QED) is 0.830. The molecule has 0 bridgehead atoms. The number of H-pyrrole nitrogens is 1. The molecule has 1 saturated heterocycles. The summed E-state index contributed by atoms with van der Waals surface area (Å²) in [4.78, 5) is 17.6. The minimum atomic E-state index is -0.135. The zero-order valence-electron chi connectivity index (χ0n) is 9.90. The number of likely N-dealkylation sites (tertiary alicyclic amines) is 1. The van der Waals surface area contributed by atoms with Gasteiger partial charge in [0.2, 0.25) is 5.95 Å². The molecular formula is C10H17N5O2. The normalized spacial score (nSPS) is 15.7. The summed E-state index contributed by atoms with van der Waals surface area (Å²) in [6, 6.07) is 0.116. The van der Waals surface area contributed by atoms with Gasteiger partial charge in [0, 0.05) is 13.1 Å². The van der Waals surface area contributed by atoms with E-state index < -0.39 is 0 Å². The standard InChI is InChI=1S/C10H17N5O2/c1-2-17-9-11-8(13-14-9)12-10(16)15-6-4-3-5-7-15/h2-7H2,1H3,(H2,11,12,13,14,16). The highest BCUT2D eigenvalue weighted by molar-refractivity contribution is 5.87. The zero-order valence-corrected chi connectivity index (χ0v) is 9.90. The number of piperidine rings is 1. The van der Waals surface area contributed by atoms with Crippen LogP contribution in [0.3, 0.4) is 0 Å². The van der Waals surface area contributed by atoms with Gasteiger partial charge in [-0.2, -0.15) is 4.98 Å². The maximum Gasteiger partial charge on any atom is 0.337 e. The van der Waals surface area contributed by atoms with Gasteiger partial charge >= 0.3 is 12.0 Å². The Morgan fingerprint density at radius 1 is 1.47 bits per heavy atom. The molecule has 0 unspecified atom stereocenters. The molecule has 1 aromatic heterocycles. The maximum atomic E-state index is 11.8. The summed E-state index contributed by atoms with van der Waals surface area (Å²) >= 11 is 0. The number of carbonyl (C=O) groups excluding carboxylic acids is 1. The number of hydrogen-bond acceptors (Lipinski definition) is 4. The van der Waals surface area contributed by atoms with Gasteiger partial charge in [0.15, 0.2) is 0 Å². The van der Waals surface area contributed by atoms with Crippen LogP contribution in [-0.2, 0) is 0 Å². The molecule has 2 N–H and O–H groups in total. The maximum absolute atomic E-state index is 11.8. The molecule has 1 aromatic rings. The van der Waals surface area contributed by atoms with Crippen LogP contribution in [-0.4, -0.2) is 45.8 Å². The number of rotatable bonds is 3. The molecule has 0 radical (unpaired) electrons. The zero-order chi connectivity index (χ0) is 12.1. The Hall–Kier alpha value is -1.79. The molecule has 1 aliphatic heterocycles. The molecule has 1 fully saturated rings. The van der Waals surface area contributed by atoms with Crippen LogP contribution in [0.2, 0.25) is 0 Å². The summed E-state index contributed by atoms with van der Waals surface area (Å²) in [5.41, 5.74) is 0. The number of ether oxygens (including phenoxy) is 1. The second-order valence-corrected chi connectivity index (χ2v) is 3.88. The van der Waals surface area contributed by atoms with E-state index in [4.69, 9.17) is 4.74 Å². The third kappa shape index (κ3) is 3.08. The molecule has 0 atom stereocenters. The van der Waals surface area contributed by atoms with Crippen molar-refractivity contribution in [3.8, 4) is 6.01 Å². The summed E-state index contributed by atoms with van der Waals surface area (Å²) in [6.45, 7) is 3.95. The van der Waals surface area contributed by atoms with Crippen molar-refractivity contribution in [1.29, 1.82) is 0 Å². The fourth-order valence-electron chi connectivity index (χ4n) is 1.77. The molecule has 2 amide bonds. The average molecular weight is 239 g/mol. The topological polar surface area (TPSA) is 83.1 Å². The highest BCUT2D eigenvalue weighted by Crippen LogP contribution is 2.11. The number of nitrogens with one attached hydrogen (secondary N) is 2. The number of aromatic amines is 1. The van der Waals surface area contributed by atoms with Crippen molar-refractivity contribution < 1.29 is 9.53 Å². The monoisotopic (exact) mass is 239 g/mol. The van der Waals surface area contributed by atoms with Gasteiger partial charge in [-0.15, -0.1) is 5.10 Å². The van der Waals surface area contributed by atoms with Gasteiger partial charge in [-0.05, 0) is 26.2 Å². The fraction of sp³-hybridized carbons (Fsp3) is 0.700. The molecule has 0 aliphatic carbocycles. The number of hydrogen-bond donors (Lipinski definition) is 2. The second-order valence-electron chi connectivity index (χ2n) is 3.88. The van der Waals surface area contributed by atoms with Crippen LogP contribution in [0, 0.1) is 0 Å². The molecule has 0 saturated carbocycles. The highest BCUT2D eigenvalue weighted by Gasteiger charge is 2.17. The van der Waals surface area contributed by atoms with Crippen molar-refractivity contribution in [3.05, 3.63) is 0 Å². The van der Waals surface area contributed by atoms with E-state index >= 15 is 0 Å². The molecule has 7 heteroatoms. The van der Waals surface area contributed by atoms with Crippen LogP contribution in [0.15, 0.2) is 0 Å². The number of carbonyl (C=O) groups is 1. The van der Waals surface area contributed by atoms with Crippen molar-refractivity contribution in [1.82, 2.24) is 20.1 Å². The third-order valence-corrected chi connectivity index (χ3v) is 2.61. The van der Waals surface area contributed by atoms with Gasteiger partial charge in [-0.3, -0.25) is 5.32 Å². The Morgan fingerprint density at radius 3 is 2.94 bits per heavy atom. The van der Waals surface area contributed by atoms with Gasteiger partial charge in [0.05, 0.1) is 6.61 Å². The molecule has 94 valence electrons. The van der Waals surface area contributed by atoms with Gasteiger partial charge in [-0.25, -0.2) is 9.89 Å².